The third-order valence-corrected chi connectivity index (χ3v) is 6.93. The largest absolute Gasteiger partial charge is 0.344 e. The summed E-state index contributed by atoms with van der Waals surface area (Å²) in [6.45, 7) is 1.88. The molecule has 2 unspecified atom stereocenters. The van der Waals surface area contributed by atoms with Gasteiger partial charge in [-0.25, -0.2) is 9.98 Å². The van der Waals surface area contributed by atoms with Crippen LogP contribution in [-0.4, -0.2) is 17.9 Å². The minimum Gasteiger partial charge on any atom is -0.344 e. The fraction of sp³-hybridized carbons (Fsp3) is 0.0882. The summed E-state index contributed by atoms with van der Waals surface area (Å²) in [4.78, 5) is 14.6. The molecule has 190 valence electrons. The zero-order chi connectivity index (χ0) is 26.6. The van der Waals surface area contributed by atoms with Gasteiger partial charge in [-0.1, -0.05) is 121 Å². The van der Waals surface area contributed by atoms with Gasteiger partial charge in [-0.3, -0.25) is 4.99 Å². The number of hydrogen-bond donors (Lipinski definition) is 2. The van der Waals surface area contributed by atoms with Gasteiger partial charge in [-0.15, -0.1) is 0 Å². The molecule has 0 fully saturated rings. The van der Waals surface area contributed by atoms with Crippen LogP contribution >= 0.6 is 0 Å². The molecule has 5 heteroatoms. The van der Waals surface area contributed by atoms with Gasteiger partial charge < -0.3 is 11.1 Å². The lowest BCUT2D eigenvalue weighted by Crippen LogP contribution is -2.33. The first-order valence-electron chi connectivity index (χ1n) is 13.1. The van der Waals surface area contributed by atoms with Crippen LogP contribution in [0.5, 0.6) is 0 Å². The molecule has 1 aliphatic heterocycles. The number of nitrogens with zero attached hydrogens (tertiary/aromatic N) is 3. The molecule has 0 aliphatic carbocycles. The minimum atomic E-state index is -0.376. The first-order valence-corrected chi connectivity index (χ1v) is 13.1. The van der Waals surface area contributed by atoms with E-state index in [9.17, 15) is 0 Å². The van der Waals surface area contributed by atoms with Gasteiger partial charge in [0.15, 0.2) is 5.84 Å². The van der Waals surface area contributed by atoms with Crippen molar-refractivity contribution in [3.8, 4) is 11.1 Å². The van der Waals surface area contributed by atoms with Crippen molar-refractivity contribution in [3.05, 3.63) is 144 Å². The van der Waals surface area contributed by atoms with Crippen LogP contribution in [0.2, 0.25) is 0 Å². The van der Waals surface area contributed by atoms with E-state index in [0.29, 0.717) is 5.84 Å². The highest BCUT2D eigenvalue weighted by Crippen LogP contribution is 2.34. The Hall–Kier alpha value is -4.87. The van der Waals surface area contributed by atoms with Gasteiger partial charge in [-0.05, 0) is 46.2 Å². The maximum Gasteiger partial charge on any atom is 0.160 e. The molecule has 0 saturated carbocycles. The normalized spacial score (nSPS) is 16.0. The molecule has 0 radical (unpaired) electrons. The summed E-state index contributed by atoms with van der Waals surface area (Å²) in [7, 11) is 0. The van der Waals surface area contributed by atoms with Gasteiger partial charge in [0, 0.05) is 11.1 Å². The summed E-state index contributed by atoms with van der Waals surface area (Å²) in [5, 5.41) is 5.81. The number of benzene rings is 5. The summed E-state index contributed by atoms with van der Waals surface area (Å²) >= 11 is 0. The van der Waals surface area contributed by atoms with Crippen LogP contribution in [0.15, 0.2) is 136 Å². The van der Waals surface area contributed by atoms with Crippen molar-refractivity contribution in [3.63, 3.8) is 0 Å². The highest BCUT2D eigenvalue weighted by atomic mass is 15.2. The molecule has 0 saturated heterocycles. The van der Waals surface area contributed by atoms with E-state index >= 15 is 0 Å². The molecule has 1 aliphatic rings. The molecule has 5 aromatic rings. The lowest BCUT2D eigenvalue weighted by Gasteiger charge is -2.25. The quantitative estimate of drug-likeness (QED) is 0.242. The van der Waals surface area contributed by atoms with E-state index in [1.54, 1.807) is 6.21 Å². The number of hydrogen-bond acceptors (Lipinski definition) is 5. The highest BCUT2D eigenvalue weighted by Gasteiger charge is 2.24. The van der Waals surface area contributed by atoms with E-state index in [-0.39, 0.29) is 12.3 Å². The van der Waals surface area contributed by atoms with Crippen molar-refractivity contribution in [1.29, 1.82) is 0 Å². The Labute approximate surface area is 228 Å². The first-order chi connectivity index (χ1) is 19.2. The van der Waals surface area contributed by atoms with Crippen LogP contribution in [0.1, 0.15) is 41.5 Å². The van der Waals surface area contributed by atoms with Crippen LogP contribution in [0.3, 0.4) is 0 Å². The third-order valence-electron chi connectivity index (χ3n) is 6.93. The van der Waals surface area contributed by atoms with Crippen LogP contribution in [-0.2, 0) is 0 Å². The zero-order valence-corrected chi connectivity index (χ0v) is 21.7. The van der Waals surface area contributed by atoms with Crippen LogP contribution < -0.4 is 11.1 Å². The molecule has 0 amide bonds. The summed E-state index contributed by atoms with van der Waals surface area (Å²) in [6.07, 6.45) is 1.09. The Bertz CT molecular complexity index is 1690. The summed E-state index contributed by atoms with van der Waals surface area (Å²) in [5.41, 5.74) is 12.4. The molecule has 5 nitrogen and oxygen atoms in total. The Balaban J connectivity index is 1.55. The minimum absolute atomic E-state index is 0.270. The molecular weight excluding hydrogens is 478 g/mol. The predicted molar refractivity (Wildman–Crippen MR) is 162 cm³/mol. The van der Waals surface area contributed by atoms with E-state index in [1.807, 2.05) is 55.5 Å². The zero-order valence-electron chi connectivity index (χ0n) is 21.7. The van der Waals surface area contributed by atoms with Gasteiger partial charge in [-0.2, -0.15) is 0 Å². The molecule has 0 aromatic heterocycles. The number of nitrogens with one attached hydrogen (secondary N) is 1. The molecular formula is C34H29N5. The first kappa shape index (κ1) is 24.5. The molecule has 39 heavy (non-hydrogen) atoms. The number of rotatable bonds is 6. The Kier molecular flexibility index (Phi) is 6.81. The predicted octanol–water partition coefficient (Wildman–Crippen LogP) is 7.05. The Morgan fingerprint density at radius 2 is 1.46 bits per heavy atom. The summed E-state index contributed by atoms with van der Waals surface area (Å²) in [5.74, 6) is 1.50. The van der Waals surface area contributed by atoms with Gasteiger partial charge in [0.1, 0.15) is 18.2 Å². The maximum atomic E-state index is 6.21. The number of nitrogens with two attached hydrogens (primary N) is 1. The summed E-state index contributed by atoms with van der Waals surface area (Å²) < 4.78 is 0. The topological polar surface area (TPSA) is 75.1 Å². The Morgan fingerprint density at radius 1 is 0.769 bits per heavy atom. The molecule has 3 N–H and O–H groups in total. The van der Waals surface area contributed by atoms with E-state index in [4.69, 9.17) is 15.7 Å². The monoisotopic (exact) mass is 507 g/mol. The van der Waals surface area contributed by atoms with Crippen molar-refractivity contribution in [2.45, 2.75) is 19.3 Å². The fourth-order valence-corrected chi connectivity index (χ4v) is 4.97. The lowest BCUT2D eigenvalue weighted by molar-refractivity contribution is 0.674. The second-order valence-electron chi connectivity index (χ2n) is 9.42. The van der Waals surface area contributed by atoms with Crippen molar-refractivity contribution in [2.24, 2.45) is 20.7 Å². The second-order valence-corrected chi connectivity index (χ2v) is 9.42. The van der Waals surface area contributed by atoms with E-state index in [1.165, 1.54) is 0 Å². The van der Waals surface area contributed by atoms with Crippen molar-refractivity contribution in [1.82, 2.24) is 5.32 Å². The van der Waals surface area contributed by atoms with E-state index < -0.39 is 0 Å². The maximum absolute atomic E-state index is 6.21. The van der Waals surface area contributed by atoms with Gasteiger partial charge in [0.05, 0.1) is 0 Å². The number of fused-ring (bicyclic) bond motifs is 1. The van der Waals surface area contributed by atoms with Crippen molar-refractivity contribution >= 4 is 28.7 Å². The average Bonchev–Trinajstić information content (AvgIpc) is 3.01. The third kappa shape index (κ3) is 5.00. The van der Waals surface area contributed by atoms with E-state index in [0.717, 1.165) is 50.0 Å². The van der Waals surface area contributed by atoms with Gasteiger partial charge >= 0.3 is 0 Å². The molecule has 2 atom stereocenters. The van der Waals surface area contributed by atoms with E-state index in [2.05, 4.69) is 83.1 Å². The van der Waals surface area contributed by atoms with Crippen molar-refractivity contribution < 1.29 is 0 Å². The Morgan fingerprint density at radius 3 is 2.21 bits per heavy atom. The lowest BCUT2D eigenvalue weighted by atomic mass is 9.92. The number of aliphatic imine (C=N–C) groups is 3. The second kappa shape index (κ2) is 10.9. The van der Waals surface area contributed by atoms with Crippen LogP contribution in [0, 0.1) is 0 Å². The SMILES string of the molecule is C/C=N\C(N)c1ccc(-c2ccc3ccccc3c2C2=NC(c3ccccc3)NC(c3ccccc3)=N2)cc1. The summed E-state index contributed by atoms with van der Waals surface area (Å²) in [6, 6.07) is 41.5. The molecule has 0 bridgehead atoms. The molecule has 6 rings (SSSR count). The fourth-order valence-electron chi connectivity index (χ4n) is 4.97. The smallest absolute Gasteiger partial charge is 0.160 e. The van der Waals surface area contributed by atoms with Crippen molar-refractivity contribution in [2.75, 3.05) is 0 Å². The standard InChI is InChI=1S/C34H29N5/c1-2-36-31(35)25-19-17-24(18-20-25)29-22-21-23-11-9-10-16-28(23)30(29)34-38-32(26-12-5-3-6-13-26)37-33(39-34)27-14-7-4-8-15-27/h2-22,31-32H,35H2,1H3,(H,37,38,39)/b36-2-. The highest BCUT2D eigenvalue weighted by molar-refractivity contribution is 6.20. The number of amidine groups is 2. The van der Waals surface area contributed by atoms with Crippen LogP contribution in [0.25, 0.3) is 21.9 Å². The van der Waals surface area contributed by atoms with Gasteiger partial charge in [0.25, 0.3) is 0 Å². The van der Waals surface area contributed by atoms with Gasteiger partial charge in [0.2, 0.25) is 0 Å². The molecule has 1 heterocycles. The average molecular weight is 508 g/mol. The van der Waals surface area contributed by atoms with Crippen LogP contribution in [0.4, 0.5) is 0 Å². The molecule has 0 spiro atoms. The molecule has 5 aromatic carbocycles.